The minimum absolute atomic E-state index is 0.130. The number of nitrogens with one attached hydrogen (secondary N) is 1. The highest BCUT2D eigenvalue weighted by Crippen LogP contribution is 2.23. The van der Waals surface area contributed by atoms with Gasteiger partial charge in [0.15, 0.2) is 5.65 Å². The SMILES string of the molecule is CC(C)(C)Oc1ccc(-c2cc(=O)n3[nH]ccc3n2)cc1. The van der Waals surface area contributed by atoms with Crippen molar-refractivity contribution in [1.29, 1.82) is 0 Å². The molecule has 0 bridgehead atoms. The minimum atomic E-state index is -0.234. The van der Waals surface area contributed by atoms with Crippen molar-refractivity contribution in [3.63, 3.8) is 0 Å². The van der Waals surface area contributed by atoms with Gasteiger partial charge in [-0.1, -0.05) is 0 Å². The molecule has 0 amide bonds. The van der Waals surface area contributed by atoms with E-state index >= 15 is 0 Å². The molecule has 0 radical (unpaired) electrons. The summed E-state index contributed by atoms with van der Waals surface area (Å²) in [6, 6.07) is 10.9. The third-order valence-corrected chi connectivity index (χ3v) is 2.95. The van der Waals surface area contributed by atoms with Gasteiger partial charge in [0.05, 0.1) is 5.69 Å². The molecule has 3 aromatic rings. The summed E-state index contributed by atoms with van der Waals surface area (Å²) in [5, 5.41) is 2.82. The topological polar surface area (TPSA) is 59.4 Å². The van der Waals surface area contributed by atoms with Crippen LogP contribution in [0.4, 0.5) is 0 Å². The van der Waals surface area contributed by atoms with E-state index in [1.165, 1.54) is 10.6 Å². The first-order valence-corrected chi connectivity index (χ1v) is 6.79. The highest BCUT2D eigenvalue weighted by atomic mass is 16.5. The first-order chi connectivity index (χ1) is 9.92. The second-order valence-electron chi connectivity index (χ2n) is 5.87. The van der Waals surface area contributed by atoms with Gasteiger partial charge in [0.1, 0.15) is 11.4 Å². The van der Waals surface area contributed by atoms with E-state index in [2.05, 4.69) is 10.1 Å². The predicted molar refractivity (Wildman–Crippen MR) is 81.6 cm³/mol. The van der Waals surface area contributed by atoms with Crippen LogP contribution in [0.2, 0.25) is 0 Å². The Morgan fingerprint density at radius 2 is 1.86 bits per heavy atom. The standard InChI is InChI=1S/C16H17N3O2/c1-16(2,3)21-12-6-4-11(5-7-12)13-10-15(20)19-14(18-13)8-9-17-19/h4-10,17H,1-3H3. The quantitative estimate of drug-likeness (QED) is 0.786. The Kier molecular flexibility index (Phi) is 3.05. The van der Waals surface area contributed by atoms with E-state index < -0.39 is 0 Å². The lowest BCUT2D eigenvalue weighted by molar-refractivity contribution is 0.131. The molecule has 1 N–H and O–H groups in total. The number of ether oxygens (including phenoxy) is 1. The van der Waals surface area contributed by atoms with Gasteiger partial charge in [-0.15, -0.1) is 0 Å². The minimum Gasteiger partial charge on any atom is -0.488 e. The molecule has 2 aromatic heterocycles. The van der Waals surface area contributed by atoms with Gasteiger partial charge >= 0.3 is 0 Å². The van der Waals surface area contributed by atoms with Crippen molar-refractivity contribution in [2.45, 2.75) is 26.4 Å². The number of hydrogen-bond acceptors (Lipinski definition) is 3. The number of rotatable bonds is 2. The smallest absolute Gasteiger partial charge is 0.273 e. The van der Waals surface area contributed by atoms with Crippen LogP contribution in [0.15, 0.2) is 47.4 Å². The lowest BCUT2D eigenvalue weighted by atomic mass is 10.1. The number of aromatic amines is 1. The number of benzene rings is 1. The fraction of sp³-hybridized carbons (Fsp3) is 0.250. The van der Waals surface area contributed by atoms with Crippen LogP contribution in [0.5, 0.6) is 5.75 Å². The van der Waals surface area contributed by atoms with Gasteiger partial charge in [0.2, 0.25) is 0 Å². The summed E-state index contributed by atoms with van der Waals surface area (Å²) in [4.78, 5) is 16.4. The molecule has 0 atom stereocenters. The Labute approximate surface area is 122 Å². The molecule has 0 fully saturated rings. The van der Waals surface area contributed by atoms with Crippen molar-refractivity contribution >= 4 is 5.65 Å². The van der Waals surface area contributed by atoms with Crippen molar-refractivity contribution in [2.75, 3.05) is 0 Å². The summed E-state index contributed by atoms with van der Waals surface area (Å²) < 4.78 is 7.19. The number of fused-ring (bicyclic) bond motifs is 1. The Bertz CT molecular complexity index is 823. The largest absolute Gasteiger partial charge is 0.488 e. The van der Waals surface area contributed by atoms with Crippen LogP contribution in [0.25, 0.3) is 16.9 Å². The molecule has 0 saturated carbocycles. The highest BCUT2D eigenvalue weighted by molar-refractivity contribution is 5.62. The molecule has 0 saturated heterocycles. The Balaban J connectivity index is 1.97. The summed E-state index contributed by atoms with van der Waals surface area (Å²) in [6.45, 7) is 6.01. The van der Waals surface area contributed by atoms with Gasteiger partial charge in [0, 0.05) is 23.9 Å². The molecule has 5 nitrogen and oxygen atoms in total. The number of H-pyrrole nitrogens is 1. The van der Waals surface area contributed by atoms with Crippen LogP contribution in [0.3, 0.4) is 0 Å². The van der Waals surface area contributed by atoms with Gasteiger partial charge < -0.3 is 4.74 Å². The van der Waals surface area contributed by atoms with Gasteiger partial charge in [0.25, 0.3) is 5.56 Å². The van der Waals surface area contributed by atoms with Gasteiger partial charge in [-0.2, -0.15) is 0 Å². The van der Waals surface area contributed by atoms with Gasteiger partial charge in [-0.3, -0.25) is 9.89 Å². The van der Waals surface area contributed by atoms with Crippen LogP contribution in [0, 0.1) is 0 Å². The molecule has 0 aliphatic heterocycles. The van der Waals surface area contributed by atoms with E-state index in [1.807, 2.05) is 45.0 Å². The monoisotopic (exact) mass is 283 g/mol. The first kappa shape index (κ1) is 13.4. The molecule has 108 valence electrons. The Morgan fingerprint density at radius 1 is 1.14 bits per heavy atom. The Morgan fingerprint density at radius 3 is 2.52 bits per heavy atom. The lowest BCUT2D eigenvalue weighted by Gasteiger charge is -2.21. The van der Waals surface area contributed by atoms with Gasteiger partial charge in [-0.05, 0) is 45.0 Å². The maximum atomic E-state index is 12.0. The van der Waals surface area contributed by atoms with Crippen LogP contribution in [-0.2, 0) is 0 Å². The Hall–Kier alpha value is -2.56. The second-order valence-corrected chi connectivity index (χ2v) is 5.87. The summed E-state index contributed by atoms with van der Waals surface area (Å²) >= 11 is 0. The molecule has 1 aromatic carbocycles. The van der Waals surface area contributed by atoms with Crippen molar-refractivity contribution in [1.82, 2.24) is 14.6 Å². The van der Waals surface area contributed by atoms with Crippen molar-refractivity contribution in [3.8, 4) is 17.0 Å². The summed E-state index contributed by atoms with van der Waals surface area (Å²) in [7, 11) is 0. The zero-order valence-electron chi connectivity index (χ0n) is 12.3. The molecule has 3 rings (SSSR count). The lowest BCUT2D eigenvalue weighted by Crippen LogP contribution is -2.22. The molecule has 0 aliphatic carbocycles. The number of aromatic nitrogens is 3. The highest BCUT2D eigenvalue weighted by Gasteiger charge is 2.12. The molecule has 0 spiro atoms. The van der Waals surface area contributed by atoms with Crippen molar-refractivity contribution in [3.05, 3.63) is 52.9 Å². The molecule has 0 unspecified atom stereocenters. The van der Waals surface area contributed by atoms with Crippen molar-refractivity contribution < 1.29 is 4.74 Å². The molecule has 21 heavy (non-hydrogen) atoms. The molecule has 5 heteroatoms. The maximum absolute atomic E-state index is 12.0. The third-order valence-electron chi connectivity index (χ3n) is 2.95. The van der Waals surface area contributed by atoms with Crippen LogP contribution in [-0.4, -0.2) is 20.2 Å². The summed E-state index contributed by atoms with van der Waals surface area (Å²) in [6.07, 6.45) is 1.69. The summed E-state index contributed by atoms with van der Waals surface area (Å²) in [5.74, 6) is 0.797. The fourth-order valence-corrected chi connectivity index (χ4v) is 2.12. The van der Waals surface area contributed by atoms with Crippen LogP contribution in [0.1, 0.15) is 20.8 Å². The van der Waals surface area contributed by atoms with E-state index in [0.29, 0.717) is 11.3 Å². The molecular formula is C16H17N3O2. The fourth-order valence-electron chi connectivity index (χ4n) is 2.12. The third kappa shape index (κ3) is 2.81. The number of hydrogen-bond donors (Lipinski definition) is 1. The average Bonchev–Trinajstić information content (AvgIpc) is 2.86. The van der Waals surface area contributed by atoms with E-state index in [9.17, 15) is 4.79 Å². The second kappa shape index (κ2) is 4.77. The van der Waals surface area contributed by atoms with E-state index in [4.69, 9.17) is 4.74 Å². The molecule has 2 heterocycles. The normalized spacial score (nSPS) is 11.8. The van der Waals surface area contributed by atoms with Crippen LogP contribution >= 0.6 is 0 Å². The zero-order valence-corrected chi connectivity index (χ0v) is 12.3. The van der Waals surface area contributed by atoms with E-state index in [-0.39, 0.29) is 11.2 Å². The molecule has 0 aliphatic rings. The number of nitrogens with zero attached hydrogens (tertiary/aromatic N) is 2. The van der Waals surface area contributed by atoms with Crippen molar-refractivity contribution in [2.24, 2.45) is 0 Å². The zero-order chi connectivity index (χ0) is 15.0. The van der Waals surface area contributed by atoms with E-state index in [1.54, 1.807) is 12.3 Å². The van der Waals surface area contributed by atoms with Crippen LogP contribution < -0.4 is 10.3 Å². The van der Waals surface area contributed by atoms with Gasteiger partial charge in [-0.25, -0.2) is 9.50 Å². The summed E-state index contributed by atoms with van der Waals surface area (Å²) in [5.41, 5.74) is 1.78. The first-order valence-electron chi connectivity index (χ1n) is 6.79. The maximum Gasteiger partial charge on any atom is 0.273 e. The average molecular weight is 283 g/mol. The molecular weight excluding hydrogens is 266 g/mol. The predicted octanol–water partition coefficient (Wildman–Crippen LogP) is 2.87. The van der Waals surface area contributed by atoms with E-state index in [0.717, 1.165) is 11.3 Å².